The number of halogens is 2. The molecule has 1 heterocycles. The number of likely N-dealkylation sites (tertiary alicyclic amines) is 1. The van der Waals surface area contributed by atoms with E-state index in [9.17, 15) is 4.79 Å². The molecule has 0 bridgehead atoms. The first-order valence-corrected chi connectivity index (χ1v) is 8.16. The van der Waals surface area contributed by atoms with Crippen molar-refractivity contribution in [1.82, 2.24) is 4.90 Å². The molecule has 1 aromatic carbocycles. The van der Waals surface area contributed by atoms with Crippen LogP contribution in [0.15, 0.2) is 23.1 Å². The summed E-state index contributed by atoms with van der Waals surface area (Å²) in [4.78, 5) is 14.9. The number of carbonyl (C=O) groups is 1. The highest BCUT2D eigenvalue weighted by molar-refractivity contribution is 8.00. The monoisotopic (exact) mass is 317 g/mol. The summed E-state index contributed by atoms with van der Waals surface area (Å²) in [6, 6.07) is 5.40. The molecule has 5 heteroatoms. The van der Waals surface area contributed by atoms with Gasteiger partial charge in [0.2, 0.25) is 5.91 Å². The number of piperidine rings is 1. The molecule has 1 atom stereocenters. The van der Waals surface area contributed by atoms with Gasteiger partial charge in [-0.3, -0.25) is 4.79 Å². The van der Waals surface area contributed by atoms with Crippen LogP contribution in [0.2, 0.25) is 10.0 Å². The first-order valence-electron chi connectivity index (χ1n) is 6.42. The number of carbonyl (C=O) groups excluding carboxylic acids is 1. The second-order valence-electron chi connectivity index (χ2n) is 4.93. The number of benzene rings is 1. The van der Waals surface area contributed by atoms with Crippen molar-refractivity contribution in [3.05, 3.63) is 28.2 Å². The molecule has 1 saturated heterocycles. The largest absolute Gasteiger partial charge is 0.342 e. The Morgan fingerprint density at radius 1 is 1.42 bits per heavy atom. The van der Waals surface area contributed by atoms with Gasteiger partial charge in [-0.25, -0.2) is 0 Å². The molecule has 0 aromatic heterocycles. The molecule has 1 fully saturated rings. The van der Waals surface area contributed by atoms with Crippen LogP contribution in [-0.4, -0.2) is 29.6 Å². The van der Waals surface area contributed by atoms with E-state index in [0.29, 0.717) is 21.7 Å². The predicted octanol–water partition coefficient (Wildman–Crippen LogP) is 4.34. The number of hydrogen-bond acceptors (Lipinski definition) is 2. The zero-order valence-electron chi connectivity index (χ0n) is 10.9. The first-order chi connectivity index (χ1) is 9.08. The number of amides is 1. The Bertz CT molecular complexity index is 447. The summed E-state index contributed by atoms with van der Waals surface area (Å²) in [6.45, 7) is 3.94. The van der Waals surface area contributed by atoms with Gasteiger partial charge in [0.05, 0.1) is 15.8 Å². The number of hydrogen-bond donors (Lipinski definition) is 0. The van der Waals surface area contributed by atoms with Gasteiger partial charge in [0.15, 0.2) is 0 Å². The van der Waals surface area contributed by atoms with E-state index in [0.717, 1.165) is 24.4 Å². The fourth-order valence-corrected chi connectivity index (χ4v) is 3.85. The summed E-state index contributed by atoms with van der Waals surface area (Å²) in [7, 11) is 0. The lowest BCUT2D eigenvalue weighted by Gasteiger charge is -2.30. The van der Waals surface area contributed by atoms with Crippen LogP contribution in [0.5, 0.6) is 0 Å². The lowest BCUT2D eigenvalue weighted by atomic mass is 10.0. The minimum Gasteiger partial charge on any atom is -0.342 e. The lowest BCUT2D eigenvalue weighted by Crippen LogP contribution is -2.40. The minimum atomic E-state index is 0.174. The van der Waals surface area contributed by atoms with E-state index >= 15 is 0 Å². The van der Waals surface area contributed by atoms with E-state index < -0.39 is 0 Å². The van der Waals surface area contributed by atoms with Gasteiger partial charge >= 0.3 is 0 Å². The van der Waals surface area contributed by atoms with Crippen LogP contribution < -0.4 is 0 Å². The van der Waals surface area contributed by atoms with Crippen molar-refractivity contribution >= 4 is 40.9 Å². The van der Waals surface area contributed by atoms with E-state index in [4.69, 9.17) is 23.2 Å². The number of thioether (sulfide) groups is 1. The SMILES string of the molecule is CC1CCCN(C(=O)CSc2c(Cl)cccc2Cl)C1. The number of nitrogens with zero attached hydrogens (tertiary/aromatic N) is 1. The summed E-state index contributed by atoms with van der Waals surface area (Å²) in [5.41, 5.74) is 0. The molecular formula is C14H17Cl2NOS. The van der Waals surface area contributed by atoms with Crippen LogP contribution >= 0.6 is 35.0 Å². The topological polar surface area (TPSA) is 20.3 Å². The quantitative estimate of drug-likeness (QED) is 0.773. The molecule has 104 valence electrons. The molecule has 0 aliphatic carbocycles. The summed E-state index contributed by atoms with van der Waals surface area (Å²) in [5.74, 6) is 1.18. The molecule has 1 aliphatic rings. The van der Waals surface area contributed by atoms with E-state index in [1.165, 1.54) is 18.2 Å². The van der Waals surface area contributed by atoms with Gasteiger partial charge in [0, 0.05) is 18.0 Å². The Morgan fingerprint density at radius 3 is 2.74 bits per heavy atom. The van der Waals surface area contributed by atoms with E-state index in [2.05, 4.69) is 6.92 Å². The van der Waals surface area contributed by atoms with Gasteiger partial charge in [-0.15, -0.1) is 11.8 Å². The normalized spacial score (nSPS) is 19.5. The van der Waals surface area contributed by atoms with Crippen LogP contribution in [0.3, 0.4) is 0 Å². The Balaban J connectivity index is 1.93. The molecule has 0 N–H and O–H groups in total. The molecule has 1 aliphatic heterocycles. The molecule has 1 unspecified atom stereocenters. The molecule has 19 heavy (non-hydrogen) atoms. The van der Waals surface area contributed by atoms with Gasteiger partial charge in [0.25, 0.3) is 0 Å². The van der Waals surface area contributed by atoms with Crippen LogP contribution in [0.4, 0.5) is 0 Å². The van der Waals surface area contributed by atoms with Gasteiger partial charge in [0.1, 0.15) is 0 Å². The van der Waals surface area contributed by atoms with Crippen molar-refractivity contribution in [3.8, 4) is 0 Å². The molecule has 1 amide bonds. The highest BCUT2D eigenvalue weighted by Crippen LogP contribution is 2.34. The zero-order valence-corrected chi connectivity index (χ0v) is 13.2. The van der Waals surface area contributed by atoms with Crippen LogP contribution in [-0.2, 0) is 4.79 Å². The Morgan fingerprint density at radius 2 is 2.11 bits per heavy atom. The predicted molar refractivity (Wildman–Crippen MR) is 82.2 cm³/mol. The van der Waals surface area contributed by atoms with Crippen molar-refractivity contribution in [2.45, 2.75) is 24.7 Å². The molecule has 0 saturated carbocycles. The zero-order chi connectivity index (χ0) is 13.8. The first kappa shape index (κ1) is 15.0. The Labute approximate surface area is 128 Å². The fourth-order valence-electron chi connectivity index (χ4n) is 2.26. The van der Waals surface area contributed by atoms with Crippen molar-refractivity contribution in [2.75, 3.05) is 18.8 Å². The molecule has 0 radical (unpaired) electrons. The summed E-state index contributed by atoms with van der Waals surface area (Å²) >= 11 is 13.6. The highest BCUT2D eigenvalue weighted by atomic mass is 35.5. The number of rotatable bonds is 3. The fraction of sp³-hybridized carbons (Fsp3) is 0.500. The van der Waals surface area contributed by atoms with E-state index in [1.54, 1.807) is 12.1 Å². The lowest BCUT2D eigenvalue weighted by molar-refractivity contribution is -0.130. The molecule has 2 rings (SSSR count). The standard InChI is InChI=1S/C14H17Cl2NOS/c1-10-4-3-7-17(8-10)13(18)9-19-14-11(15)5-2-6-12(14)16/h2,5-6,10H,3-4,7-9H2,1H3. The molecular weight excluding hydrogens is 301 g/mol. The third-order valence-corrected chi connectivity index (χ3v) is 5.24. The van der Waals surface area contributed by atoms with Crippen molar-refractivity contribution < 1.29 is 4.79 Å². The van der Waals surface area contributed by atoms with Gasteiger partial charge in [-0.1, -0.05) is 36.2 Å². The van der Waals surface area contributed by atoms with Gasteiger partial charge in [-0.05, 0) is 30.9 Å². The van der Waals surface area contributed by atoms with Gasteiger partial charge in [-0.2, -0.15) is 0 Å². The highest BCUT2D eigenvalue weighted by Gasteiger charge is 2.21. The third kappa shape index (κ3) is 4.04. The molecule has 1 aromatic rings. The summed E-state index contributed by atoms with van der Waals surface area (Å²) in [6.07, 6.45) is 2.32. The third-order valence-electron chi connectivity index (χ3n) is 3.27. The average Bonchev–Trinajstić information content (AvgIpc) is 2.38. The average molecular weight is 318 g/mol. The second-order valence-corrected chi connectivity index (χ2v) is 6.73. The van der Waals surface area contributed by atoms with Crippen LogP contribution in [0, 0.1) is 5.92 Å². The van der Waals surface area contributed by atoms with Gasteiger partial charge < -0.3 is 4.90 Å². The Hall–Kier alpha value is -0.380. The van der Waals surface area contributed by atoms with E-state index in [1.807, 2.05) is 11.0 Å². The van der Waals surface area contributed by atoms with Crippen molar-refractivity contribution in [1.29, 1.82) is 0 Å². The van der Waals surface area contributed by atoms with Crippen LogP contribution in [0.25, 0.3) is 0 Å². The maximum Gasteiger partial charge on any atom is 0.232 e. The van der Waals surface area contributed by atoms with E-state index in [-0.39, 0.29) is 5.91 Å². The molecule has 0 spiro atoms. The Kier molecular flexibility index (Phi) is 5.43. The maximum absolute atomic E-state index is 12.2. The van der Waals surface area contributed by atoms with Crippen LogP contribution in [0.1, 0.15) is 19.8 Å². The summed E-state index contributed by atoms with van der Waals surface area (Å²) in [5, 5.41) is 1.22. The second kappa shape index (κ2) is 6.87. The summed E-state index contributed by atoms with van der Waals surface area (Å²) < 4.78 is 0. The molecule has 2 nitrogen and oxygen atoms in total. The minimum absolute atomic E-state index is 0.174. The maximum atomic E-state index is 12.2. The smallest absolute Gasteiger partial charge is 0.232 e. The van der Waals surface area contributed by atoms with Crippen molar-refractivity contribution in [2.24, 2.45) is 5.92 Å². The van der Waals surface area contributed by atoms with Crippen molar-refractivity contribution in [3.63, 3.8) is 0 Å².